The molecule has 1 aromatic carbocycles. The van der Waals surface area contributed by atoms with Crippen LogP contribution >= 0.6 is 11.3 Å². The van der Waals surface area contributed by atoms with Crippen LogP contribution in [0.5, 0.6) is 11.5 Å². The third kappa shape index (κ3) is 7.71. The molecule has 1 saturated carbocycles. The van der Waals surface area contributed by atoms with E-state index < -0.39 is 17.7 Å². The van der Waals surface area contributed by atoms with E-state index in [1.54, 1.807) is 20.1 Å². The van der Waals surface area contributed by atoms with E-state index in [4.69, 9.17) is 9.47 Å². The number of fused-ring (bicyclic) bond motifs is 1. The number of pyridine rings is 2. The van der Waals surface area contributed by atoms with E-state index in [1.165, 1.54) is 29.7 Å². The van der Waals surface area contributed by atoms with Crippen LogP contribution in [0, 0.1) is 23.5 Å². The molecule has 3 heterocycles. The van der Waals surface area contributed by atoms with Crippen molar-refractivity contribution >= 4 is 39.1 Å². The Bertz CT molecular complexity index is 1610. The molecule has 1 aliphatic rings. The minimum atomic E-state index is -1.21. The lowest BCUT2D eigenvalue weighted by atomic mass is 9.83. The topological polar surface area (TPSA) is 102 Å². The highest BCUT2D eigenvalue weighted by Crippen LogP contribution is 2.40. The Morgan fingerprint density at radius 3 is 2.60 bits per heavy atom. The average Bonchev–Trinajstić information content (AvgIpc) is 3.69. The Morgan fingerprint density at radius 2 is 1.91 bits per heavy atom. The van der Waals surface area contributed by atoms with Gasteiger partial charge in [0.2, 0.25) is 5.82 Å². The summed E-state index contributed by atoms with van der Waals surface area (Å²) in [4.78, 5) is 33.8. The molecule has 2 atom stereocenters. The van der Waals surface area contributed by atoms with Gasteiger partial charge in [0.15, 0.2) is 11.6 Å². The summed E-state index contributed by atoms with van der Waals surface area (Å²) in [6.07, 6.45) is 7.26. The first-order valence-corrected chi connectivity index (χ1v) is 15.1. The number of aromatic nitrogens is 2. The number of nitrogens with zero attached hydrogens (tertiary/aromatic N) is 2. The molecular weight excluding hydrogens is 574 g/mol. The van der Waals surface area contributed by atoms with Crippen LogP contribution in [0.25, 0.3) is 20.8 Å². The molecule has 3 aromatic heterocycles. The number of carbonyl (C=O) groups excluding carboxylic acids is 2. The highest BCUT2D eigenvalue weighted by atomic mass is 32.1. The van der Waals surface area contributed by atoms with E-state index in [1.807, 2.05) is 24.4 Å². The molecule has 226 valence electrons. The molecule has 2 N–H and O–H groups in total. The van der Waals surface area contributed by atoms with Gasteiger partial charge in [0.05, 0.1) is 26.5 Å². The average molecular weight is 609 g/mol. The first-order chi connectivity index (χ1) is 20.7. The number of halogens is 2. The first kappa shape index (κ1) is 30.5. The second-order valence-corrected chi connectivity index (χ2v) is 12.1. The van der Waals surface area contributed by atoms with Crippen molar-refractivity contribution in [3.8, 4) is 22.1 Å². The lowest BCUT2D eigenvalue weighted by molar-refractivity contribution is -0.118. The molecule has 1 fully saturated rings. The van der Waals surface area contributed by atoms with Crippen LogP contribution < -0.4 is 15.4 Å². The zero-order valence-electron chi connectivity index (χ0n) is 24.3. The summed E-state index contributed by atoms with van der Waals surface area (Å²) in [5.74, 6) is -1.71. The van der Waals surface area contributed by atoms with Crippen LogP contribution in [0.1, 0.15) is 45.1 Å². The summed E-state index contributed by atoms with van der Waals surface area (Å²) >= 11 is 1.38. The molecule has 0 radical (unpaired) electrons. The summed E-state index contributed by atoms with van der Waals surface area (Å²) < 4.78 is 41.4. The highest BCUT2D eigenvalue weighted by molar-refractivity contribution is 7.22. The van der Waals surface area contributed by atoms with Gasteiger partial charge in [-0.15, -0.1) is 11.3 Å². The molecule has 11 heteroatoms. The van der Waals surface area contributed by atoms with Crippen LogP contribution in [0.15, 0.2) is 48.8 Å². The number of Topliss-reactive ketones (excluding diaryl/α,β-unsaturated/α-hetero) is 1. The number of rotatable bonds is 13. The second-order valence-electron chi connectivity index (χ2n) is 11.0. The molecule has 4 aromatic rings. The molecular formula is C32H34F2N4O4S. The number of amides is 2. The predicted molar refractivity (Wildman–Crippen MR) is 163 cm³/mol. The van der Waals surface area contributed by atoms with Gasteiger partial charge in [-0.25, -0.2) is 9.18 Å². The Hall–Kier alpha value is -3.96. The molecule has 0 spiro atoms. The Kier molecular flexibility index (Phi) is 9.62. The summed E-state index contributed by atoms with van der Waals surface area (Å²) in [6.45, 7) is 4.43. The van der Waals surface area contributed by atoms with Crippen LogP contribution in [0.3, 0.4) is 0 Å². The normalized spacial score (nSPS) is 14.3. The van der Waals surface area contributed by atoms with E-state index in [2.05, 4.69) is 27.5 Å². The Balaban J connectivity index is 1.31. The lowest BCUT2D eigenvalue weighted by Gasteiger charge is -2.23. The van der Waals surface area contributed by atoms with Crippen LogP contribution in [-0.2, 0) is 16.0 Å². The van der Waals surface area contributed by atoms with Gasteiger partial charge < -0.3 is 24.9 Å². The molecule has 0 aliphatic heterocycles. The molecule has 2 amide bonds. The van der Waals surface area contributed by atoms with Gasteiger partial charge in [-0.1, -0.05) is 13.0 Å². The zero-order valence-corrected chi connectivity index (χ0v) is 25.1. The van der Waals surface area contributed by atoms with Crippen molar-refractivity contribution in [2.45, 2.75) is 52.0 Å². The number of methoxy groups -OCH3 is 1. The minimum Gasteiger partial charge on any atom is -0.453 e. The number of urea groups is 1. The number of hydrogen-bond acceptors (Lipinski definition) is 7. The largest absolute Gasteiger partial charge is 0.453 e. The summed E-state index contributed by atoms with van der Waals surface area (Å²) in [5, 5.41) is 5.02. The highest BCUT2D eigenvalue weighted by Gasteiger charge is 2.25. The molecule has 1 aliphatic carbocycles. The van der Waals surface area contributed by atoms with Crippen molar-refractivity contribution < 1.29 is 27.8 Å². The van der Waals surface area contributed by atoms with Crippen molar-refractivity contribution in [3.05, 3.63) is 66.0 Å². The third-order valence-corrected chi connectivity index (χ3v) is 8.67. The number of thiophene rings is 1. The number of ether oxygens (including phenoxy) is 2. The van der Waals surface area contributed by atoms with Crippen molar-refractivity contribution in [2.75, 3.05) is 19.0 Å². The van der Waals surface area contributed by atoms with E-state index in [0.717, 1.165) is 41.8 Å². The number of benzene rings is 1. The fraction of sp³-hybridized carbons (Fsp3) is 0.375. The number of hydrogen-bond donors (Lipinski definition) is 2. The van der Waals surface area contributed by atoms with Crippen molar-refractivity contribution in [1.82, 2.24) is 15.3 Å². The third-order valence-electron chi connectivity index (χ3n) is 7.51. The second kappa shape index (κ2) is 13.6. The van der Waals surface area contributed by atoms with Crippen LogP contribution in [-0.4, -0.2) is 41.5 Å². The maximum absolute atomic E-state index is 14.9. The standard InChI is InChI=1S/C32H34F2N4O4S/c1-18(11-13-41-3)21(14-19(2)39)15-20-4-7-23(36-17-20)28-16-25-31(43-28)27(10-12-35-25)42-26-9-8-24(29(33)30(26)34)38-32(40)37-22-5-6-22/h4,7-10,12,16-18,21-22H,5-6,11,13-15H2,1-3H3,(H2,37,38,40). The van der Waals surface area contributed by atoms with Gasteiger partial charge in [-0.05, 0) is 74.3 Å². The van der Waals surface area contributed by atoms with Gasteiger partial charge in [-0.2, -0.15) is 4.39 Å². The smallest absolute Gasteiger partial charge is 0.319 e. The summed E-state index contributed by atoms with van der Waals surface area (Å²) in [6, 6.07) is 9.47. The quantitative estimate of drug-likeness (QED) is 0.163. The first-order valence-electron chi connectivity index (χ1n) is 14.3. The molecule has 0 bridgehead atoms. The van der Waals surface area contributed by atoms with Gasteiger partial charge in [0.1, 0.15) is 11.5 Å². The maximum Gasteiger partial charge on any atom is 0.319 e. The minimum absolute atomic E-state index is 0.0820. The van der Waals surface area contributed by atoms with Crippen LogP contribution in [0.4, 0.5) is 19.3 Å². The fourth-order valence-electron chi connectivity index (χ4n) is 4.90. The van der Waals surface area contributed by atoms with Gasteiger partial charge in [0, 0.05) is 44.6 Å². The van der Waals surface area contributed by atoms with Crippen LogP contribution in [0.2, 0.25) is 0 Å². The van der Waals surface area contributed by atoms with E-state index in [-0.39, 0.29) is 29.2 Å². The number of ketones is 1. The number of carbonyl (C=O) groups is 2. The predicted octanol–water partition coefficient (Wildman–Crippen LogP) is 7.52. The van der Waals surface area contributed by atoms with Gasteiger partial charge in [-0.3, -0.25) is 9.97 Å². The number of anilines is 1. The van der Waals surface area contributed by atoms with Crippen molar-refractivity contribution in [3.63, 3.8) is 0 Å². The number of nitrogens with one attached hydrogen (secondary N) is 2. The van der Waals surface area contributed by atoms with E-state index in [0.29, 0.717) is 34.9 Å². The summed E-state index contributed by atoms with van der Waals surface area (Å²) in [7, 11) is 1.68. The molecule has 0 saturated heterocycles. The van der Waals surface area contributed by atoms with Crippen molar-refractivity contribution in [2.24, 2.45) is 11.8 Å². The van der Waals surface area contributed by atoms with Gasteiger partial charge >= 0.3 is 6.03 Å². The fourth-order valence-corrected chi connectivity index (χ4v) is 5.94. The Labute approximate surface area is 252 Å². The van der Waals surface area contributed by atoms with Gasteiger partial charge in [0.25, 0.3) is 0 Å². The molecule has 5 rings (SSSR count). The maximum atomic E-state index is 14.9. The van der Waals surface area contributed by atoms with Crippen molar-refractivity contribution in [1.29, 1.82) is 0 Å². The monoisotopic (exact) mass is 608 g/mol. The molecule has 8 nitrogen and oxygen atoms in total. The summed E-state index contributed by atoms with van der Waals surface area (Å²) in [5.41, 5.74) is 2.15. The molecule has 43 heavy (non-hydrogen) atoms. The zero-order chi connectivity index (χ0) is 30.5. The lowest BCUT2D eigenvalue weighted by Crippen LogP contribution is -2.30. The SMILES string of the molecule is COCCC(C)C(CC(C)=O)Cc1ccc(-c2cc3nccc(Oc4ccc(NC(=O)NC5CC5)c(F)c4F)c3s2)nc1. The molecule has 2 unspecified atom stereocenters. The van der Waals surface area contributed by atoms with E-state index >= 15 is 0 Å². The van der Waals surface area contributed by atoms with E-state index in [9.17, 15) is 18.4 Å². The Morgan fingerprint density at radius 1 is 1.09 bits per heavy atom.